The molecule has 0 aliphatic carbocycles. The van der Waals surface area contributed by atoms with E-state index >= 15 is 0 Å². The van der Waals surface area contributed by atoms with Gasteiger partial charge >= 0.3 is 5.97 Å². The number of esters is 1. The lowest BCUT2D eigenvalue weighted by atomic mass is 10.0. The number of nitrogens with zero attached hydrogens (tertiary/aromatic N) is 1. The molecule has 0 rings (SSSR count). The van der Waals surface area contributed by atoms with Crippen LogP contribution < -0.4 is 10.2 Å². The third-order valence-corrected chi connectivity index (χ3v) is 14.7. The average molecular weight is 1050 g/mol. The van der Waals surface area contributed by atoms with Gasteiger partial charge in [0.15, 0.2) is 0 Å². The van der Waals surface area contributed by atoms with Crippen LogP contribution in [0.15, 0.2) is 48.6 Å². The summed E-state index contributed by atoms with van der Waals surface area (Å²) in [5.41, 5.74) is 0. The monoisotopic (exact) mass is 1050 g/mol. The van der Waals surface area contributed by atoms with Crippen molar-refractivity contribution in [2.45, 2.75) is 303 Å². The number of hydrogen-bond donors (Lipinski definition) is 1. The van der Waals surface area contributed by atoms with Gasteiger partial charge in [0.05, 0.1) is 33.8 Å². The molecule has 0 bridgehead atoms. The number of allylic oxidation sites excluding steroid dienone is 7. The molecule has 1 amide bonds. The van der Waals surface area contributed by atoms with Crippen molar-refractivity contribution in [1.82, 2.24) is 5.32 Å². The van der Waals surface area contributed by atoms with Crippen LogP contribution in [0, 0.1) is 0 Å². The lowest BCUT2D eigenvalue weighted by molar-refractivity contribution is -0.870. The molecule has 0 aromatic carbocycles. The van der Waals surface area contributed by atoms with Gasteiger partial charge in [-0.1, -0.05) is 256 Å². The van der Waals surface area contributed by atoms with Crippen LogP contribution in [0.2, 0.25) is 0 Å². The van der Waals surface area contributed by atoms with E-state index in [0.717, 1.165) is 77.0 Å². The summed E-state index contributed by atoms with van der Waals surface area (Å²) in [5.74, 6) is -0.537. The van der Waals surface area contributed by atoms with E-state index in [1.165, 1.54) is 180 Å². The number of nitrogens with one attached hydrogen (secondary N) is 1. The van der Waals surface area contributed by atoms with Crippen molar-refractivity contribution in [2.24, 2.45) is 0 Å². The minimum Gasteiger partial charge on any atom is -0.756 e. The molecular weight excluding hydrogens is 928 g/mol. The number of rotatable bonds is 56. The van der Waals surface area contributed by atoms with Crippen LogP contribution in [-0.4, -0.2) is 69.4 Å². The number of unbranched alkanes of at least 4 members (excludes halogenated alkanes) is 34. The van der Waals surface area contributed by atoms with Crippen molar-refractivity contribution in [3.63, 3.8) is 0 Å². The molecule has 0 saturated heterocycles. The Bertz CT molecular complexity index is 1390. The zero-order valence-corrected chi connectivity index (χ0v) is 49.7. The number of phosphoric ester groups is 1. The van der Waals surface area contributed by atoms with Gasteiger partial charge in [0.2, 0.25) is 5.91 Å². The number of carbonyl (C=O) groups is 2. The van der Waals surface area contributed by atoms with Gasteiger partial charge in [-0.3, -0.25) is 14.2 Å². The van der Waals surface area contributed by atoms with Crippen LogP contribution in [0.3, 0.4) is 0 Å². The molecule has 0 aliphatic rings. The molecule has 0 fully saturated rings. The number of hydrogen-bond acceptors (Lipinski definition) is 7. The molecule has 10 heteroatoms. The van der Waals surface area contributed by atoms with Gasteiger partial charge in [0.25, 0.3) is 7.82 Å². The molecular formula is C63H119N2O7P. The van der Waals surface area contributed by atoms with Crippen LogP contribution in [0.1, 0.15) is 290 Å². The van der Waals surface area contributed by atoms with Crippen molar-refractivity contribution < 1.29 is 37.3 Å². The van der Waals surface area contributed by atoms with E-state index < -0.39 is 20.0 Å². The SMILES string of the molecule is CCCCC/C=C\C/C=C\C/C=C\CCCCCCCCCCCCC(=O)NC(COP(=O)([O-])OCC[N+](C)(C)C)C(/C=C/CCCCCCCCCCCCC)OC(=O)CCCCCCCCCCCCC. The Kier molecular flexibility index (Phi) is 51.9. The summed E-state index contributed by atoms with van der Waals surface area (Å²) in [7, 11) is 1.19. The summed E-state index contributed by atoms with van der Waals surface area (Å²) >= 11 is 0. The van der Waals surface area contributed by atoms with Crippen LogP contribution in [0.25, 0.3) is 0 Å². The van der Waals surface area contributed by atoms with E-state index in [9.17, 15) is 19.0 Å². The molecule has 9 nitrogen and oxygen atoms in total. The fraction of sp³-hybridized carbons (Fsp3) is 0.841. The number of ether oxygens (including phenoxy) is 1. The van der Waals surface area contributed by atoms with E-state index in [1.54, 1.807) is 0 Å². The van der Waals surface area contributed by atoms with Gasteiger partial charge < -0.3 is 28.5 Å². The smallest absolute Gasteiger partial charge is 0.306 e. The van der Waals surface area contributed by atoms with Gasteiger partial charge in [-0.2, -0.15) is 0 Å². The van der Waals surface area contributed by atoms with Crippen LogP contribution in [0.4, 0.5) is 0 Å². The summed E-state index contributed by atoms with van der Waals surface area (Å²) in [6.07, 6.45) is 65.0. The van der Waals surface area contributed by atoms with Gasteiger partial charge in [-0.05, 0) is 70.3 Å². The summed E-state index contributed by atoms with van der Waals surface area (Å²) in [5, 5.41) is 3.03. The van der Waals surface area contributed by atoms with Crippen LogP contribution in [-0.2, 0) is 27.9 Å². The van der Waals surface area contributed by atoms with Crippen molar-refractivity contribution in [1.29, 1.82) is 0 Å². The minimum absolute atomic E-state index is 0.0219. The van der Waals surface area contributed by atoms with Gasteiger partial charge in [0, 0.05) is 12.8 Å². The van der Waals surface area contributed by atoms with Gasteiger partial charge in [-0.25, -0.2) is 0 Å². The highest BCUT2D eigenvalue weighted by atomic mass is 31.2. The second-order valence-corrected chi connectivity index (χ2v) is 23.6. The first-order valence-electron chi connectivity index (χ1n) is 30.9. The molecule has 3 atom stereocenters. The topological polar surface area (TPSA) is 114 Å². The molecule has 0 aromatic heterocycles. The zero-order valence-electron chi connectivity index (χ0n) is 48.8. The predicted molar refractivity (Wildman–Crippen MR) is 312 cm³/mol. The average Bonchev–Trinajstić information content (AvgIpc) is 3.35. The summed E-state index contributed by atoms with van der Waals surface area (Å²) in [4.78, 5) is 39.9. The molecule has 3 unspecified atom stereocenters. The van der Waals surface area contributed by atoms with E-state index in [-0.39, 0.29) is 31.5 Å². The Morgan fingerprint density at radius 2 is 0.836 bits per heavy atom. The first kappa shape index (κ1) is 71.0. The van der Waals surface area contributed by atoms with Crippen molar-refractivity contribution in [2.75, 3.05) is 40.9 Å². The minimum atomic E-state index is -4.69. The van der Waals surface area contributed by atoms with Crippen molar-refractivity contribution in [3.05, 3.63) is 48.6 Å². The number of quaternary nitrogens is 1. The van der Waals surface area contributed by atoms with E-state index in [2.05, 4.69) is 62.5 Å². The maximum absolute atomic E-state index is 13.5. The highest BCUT2D eigenvalue weighted by Crippen LogP contribution is 2.38. The molecule has 0 radical (unpaired) electrons. The lowest BCUT2D eigenvalue weighted by Crippen LogP contribution is -2.47. The number of amides is 1. The Hall–Kier alpha value is -2.03. The Morgan fingerprint density at radius 3 is 1.27 bits per heavy atom. The summed E-state index contributed by atoms with van der Waals surface area (Å²) < 4.78 is 30.3. The number of phosphoric acid groups is 1. The third-order valence-electron chi connectivity index (χ3n) is 13.8. The van der Waals surface area contributed by atoms with Crippen molar-refractivity contribution >= 4 is 19.7 Å². The molecule has 428 valence electrons. The van der Waals surface area contributed by atoms with Crippen LogP contribution in [0.5, 0.6) is 0 Å². The normalized spacial score (nSPS) is 14.0. The number of carbonyl (C=O) groups excluding carboxylic acids is 2. The molecule has 0 heterocycles. The number of likely N-dealkylation sites (N-methyl/N-ethyl adjacent to an activating group) is 1. The molecule has 0 saturated carbocycles. The van der Waals surface area contributed by atoms with Gasteiger partial charge in [-0.15, -0.1) is 0 Å². The lowest BCUT2D eigenvalue weighted by Gasteiger charge is -2.30. The Balaban J connectivity index is 5.16. The summed E-state index contributed by atoms with van der Waals surface area (Å²) in [6, 6.07) is -0.887. The highest BCUT2D eigenvalue weighted by molar-refractivity contribution is 7.45. The molecule has 0 spiro atoms. The van der Waals surface area contributed by atoms with Gasteiger partial charge in [0.1, 0.15) is 19.3 Å². The molecule has 0 aliphatic heterocycles. The quantitative estimate of drug-likeness (QED) is 0.0212. The van der Waals surface area contributed by atoms with E-state index in [4.69, 9.17) is 13.8 Å². The van der Waals surface area contributed by atoms with Crippen molar-refractivity contribution in [3.8, 4) is 0 Å². The first-order chi connectivity index (χ1) is 35.4. The first-order valence-corrected chi connectivity index (χ1v) is 32.4. The fourth-order valence-electron chi connectivity index (χ4n) is 8.94. The molecule has 1 N–H and O–H groups in total. The maximum atomic E-state index is 13.5. The highest BCUT2D eigenvalue weighted by Gasteiger charge is 2.27. The standard InChI is InChI=1S/C63H119N2O7P/c1-7-10-13-16-19-22-25-27-28-29-30-31-32-33-34-35-36-38-41-43-46-49-52-55-62(66)64-60(59-71-73(68,69)70-58-57-65(4,5)6)61(54-51-48-45-42-40-37-26-23-20-17-14-11-8-2)72-63(67)56-53-50-47-44-39-24-21-18-15-12-9-3/h19,22,27-28,30-31,51,54,60-61H,7-18,20-21,23-26,29,32-50,52-53,55-59H2,1-6H3,(H-,64,66,68,69)/b22-19-,28-27-,31-30-,54-51+. The summed E-state index contributed by atoms with van der Waals surface area (Å²) in [6.45, 7) is 6.83. The second kappa shape index (κ2) is 53.4. The van der Waals surface area contributed by atoms with E-state index in [0.29, 0.717) is 17.4 Å². The zero-order chi connectivity index (χ0) is 53.6. The maximum Gasteiger partial charge on any atom is 0.306 e. The van der Waals surface area contributed by atoms with Crippen LogP contribution >= 0.6 is 7.82 Å². The second-order valence-electron chi connectivity index (χ2n) is 22.2. The molecule has 0 aromatic rings. The Morgan fingerprint density at radius 1 is 0.479 bits per heavy atom. The predicted octanol–water partition coefficient (Wildman–Crippen LogP) is 18.3. The fourth-order valence-corrected chi connectivity index (χ4v) is 9.66. The largest absolute Gasteiger partial charge is 0.756 e. The Labute approximate surface area is 452 Å². The molecule has 73 heavy (non-hydrogen) atoms. The third kappa shape index (κ3) is 54.6. The van der Waals surface area contributed by atoms with E-state index in [1.807, 2.05) is 33.3 Å².